The van der Waals surface area contributed by atoms with Gasteiger partial charge in [0.05, 0.1) is 5.69 Å². The van der Waals surface area contributed by atoms with Crippen LogP contribution in [-0.2, 0) is 0 Å². The molecular formula is C13H15ClN4. The van der Waals surface area contributed by atoms with Crippen molar-refractivity contribution < 1.29 is 0 Å². The molecule has 2 aliphatic rings. The van der Waals surface area contributed by atoms with Crippen LogP contribution in [0.5, 0.6) is 0 Å². The van der Waals surface area contributed by atoms with Crippen molar-refractivity contribution in [3.05, 3.63) is 23.6 Å². The molecule has 2 unspecified atom stereocenters. The minimum absolute atomic E-state index is 0.536. The summed E-state index contributed by atoms with van der Waals surface area (Å²) in [6.07, 6.45) is 7.79. The lowest BCUT2D eigenvalue weighted by Crippen LogP contribution is -2.36. The van der Waals surface area contributed by atoms with Crippen molar-refractivity contribution >= 4 is 22.9 Å². The summed E-state index contributed by atoms with van der Waals surface area (Å²) in [5, 5.41) is 4.77. The van der Waals surface area contributed by atoms with Crippen molar-refractivity contribution in [3.8, 4) is 0 Å². The molecule has 0 spiro atoms. The molecule has 2 aromatic heterocycles. The first-order valence-electron chi connectivity index (χ1n) is 6.54. The van der Waals surface area contributed by atoms with Crippen molar-refractivity contribution in [1.82, 2.24) is 14.6 Å². The minimum Gasteiger partial charge on any atom is -0.368 e. The largest absolute Gasteiger partial charge is 0.368 e. The van der Waals surface area contributed by atoms with Crippen LogP contribution in [0.4, 0.5) is 5.69 Å². The molecule has 5 heteroatoms. The van der Waals surface area contributed by atoms with Crippen LogP contribution in [0.1, 0.15) is 19.3 Å². The highest BCUT2D eigenvalue weighted by Gasteiger charge is 2.33. The van der Waals surface area contributed by atoms with Crippen LogP contribution >= 0.6 is 11.6 Å². The standard InChI is InChI=1S/C13H15ClN4/c14-12-6-11(13-15-3-4-18(13)16-12)17-7-9-1-2-10(5-9)8-17/h3-4,6,9-10H,1-2,5,7-8H2. The first-order chi connectivity index (χ1) is 8.79. The zero-order valence-corrected chi connectivity index (χ0v) is 10.8. The Bertz CT molecular complexity index is 582. The molecule has 1 saturated heterocycles. The molecule has 3 heterocycles. The monoisotopic (exact) mass is 262 g/mol. The zero-order valence-electron chi connectivity index (χ0n) is 10.1. The second-order valence-corrected chi connectivity index (χ2v) is 5.89. The molecule has 2 bridgehead atoms. The third-order valence-electron chi connectivity index (χ3n) is 4.26. The van der Waals surface area contributed by atoms with Crippen LogP contribution in [0.3, 0.4) is 0 Å². The summed E-state index contributed by atoms with van der Waals surface area (Å²) < 4.78 is 1.77. The van der Waals surface area contributed by atoms with Crippen LogP contribution in [0.2, 0.25) is 5.15 Å². The quantitative estimate of drug-likeness (QED) is 0.792. The topological polar surface area (TPSA) is 33.4 Å². The van der Waals surface area contributed by atoms with Crippen LogP contribution in [0.25, 0.3) is 5.65 Å². The summed E-state index contributed by atoms with van der Waals surface area (Å²) in [5.74, 6) is 1.71. The van der Waals surface area contributed by atoms with Crippen molar-refractivity contribution in [3.63, 3.8) is 0 Å². The van der Waals surface area contributed by atoms with E-state index in [4.69, 9.17) is 11.6 Å². The van der Waals surface area contributed by atoms with E-state index in [9.17, 15) is 0 Å². The summed E-state index contributed by atoms with van der Waals surface area (Å²) in [6, 6.07) is 1.95. The lowest BCUT2D eigenvalue weighted by Gasteiger charge is -2.33. The second-order valence-electron chi connectivity index (χ2n) is 5.50. The third kappa shape index (κ3) is 1.59. The van der Waals surface area contributed by atoms with Crippen LogP contribution in [0.15, 0.2) is 18.5 Å². The van der Waals surface area contributed by atoms with Gasteiger partial charge in [-0.25, -0.2) is 9.50 Å². The first-order valence-corrected chi connectivity index (χ1v) is 6.92. The van der Waals surface area contributed by atoms with Gasteiger partial charge in [0.25, 0.3) is 0 Å². The Morgan fingerprint density at radius 3 is 2.78 bits per heavy atom. The molecule has 1 aliphatic carbocycles. The molecule has 4 rings (SSSR count). The number of anilines is 1. The van der Waals surface area contributed by atoms with Gasteiger partial charge < -0.3 is 4.90 Å². The maximum absolute atomic E-state index is 6.10. The molecule has 4 nitrogen and oxygen atoms in total. The van der Waals surface area contributed by atoms with E-state index >= 15 is 0 Å². The summed E-state index contributed by atoms with van der Waals surface area (Å²) in [6.45, 7) is 2.28. The fourth-order valence-corrected chi connectivity index (χ4v) is 3.69. The highest BCUT2D eigenvalue weighted by molar-refractivity contribution is 6.29. The van der Waals surface area contributed by atoms with E-state index < -0.39 is 0 Å². The van der Waals surface area contributed by atoms with Gasteiger partial charge in [0, 0.05) is 31.5 Å². The van der Waals surface area contributed by atoms with Gasteiger partial charge in [-0.05, 0) is 31.1 Å². The van der Waals surface area contributed by atoms with E-state index in [1.807, 2.05) is 12.3 Å². The fourth-order valence-electron chi connectivity index (χ4n) is 3.51. The molecule has 0 amide bonds. The van der Waals surface area contributed by atoms with Gasteiger partial charge in [0.2, 0.25) is 0 Å². The van der Waals surface area contributed by atoms with Crippen molar-refractivity contribution in [2.24, 2.45) is 11.8 Å². The minimum atomic E-state index is 0.536. The van der Waals surface area contributed by atoms with Crippen molar-refractivity contribution in [1.29, 1.82) is 0 Å². The molecule has 2 atom stereocenters. The van der Waals surface area contributed by atoms with Gasteiger partial charge in [0.1, 0.15) is 0 Å². The molecule has 0 N–H and O–H groups in total. The summed E-state index contributed by atoms with van der Waals surface area (Å²) in [4.78, 5) is 6.85. The van der Waals surface area contributed by atoms with E-state index in [2.05, 4.69) is 15.0 Å². The van der Waals surface area contributed by atoms with Gasteiger partial charge in [-0.2, -0.15) is 5.10 Å². The Morgan fingerprint density at radius 1 is 1.22 bits per heavy atom. The molecule has 2 aromatic rings. The maximum Gasteiger partial charge on any atom is 0.177 e. The molecule has 94 valence electrons. The fraction of sp³-hybridized carbons (Fsp3) is 0.538. The Morgan fingerprint density at radius 2 is 2.00 bits per heavy atom. The lowest BCUT2D eigenvalue weighted by molar-refractivity contribution is 0.421. The molecule has 18 heavy (non-hydrogen) atoms. The predicted molar refractivity (Wildman–Crippen MR) is 71.0 cm³/mol. The number of nitrogens with zero attached hydrogens (tertiary/aromatic N) is 4. The Balaban J connectivity index is 1.79. The number of fused-ring (bicyclic) bond motifs is 3. The number of imidazole rings is 1. The maximum atomic E-state index is 6.10. The summed E-state index contributed by atoms with van der Waals surface area (Å²) in [7, 11) is 0. The van der Waals surface area contributed by atoms with Crippen molar-refractivity contribution in [2.45, 2.75) is 19.3 Å². The molecule has 0 aromatic carbocycles. The van der Waals surface area contributed by atoms with E-state index in [-0.39, 0.29) is 0 Å². The highest BCUT2D eigenvalue weighted by atomic mass is 35.5. The Labute approximate surface area is 111 Å². The smallest absolute Gasteiger partial charge is 0.177 e. The Hall–Kier alpha value is -1.29. The summed E-state index contributed by atoms with van der Waals surface area (Å²) >= 11 is 6.10. The molecule has 1 aliphatic heterocycles. The number of halogens is 1. The molecule has 1 saturated carbocycles. The normalized spacial score (nSPS) is 27.1. The van der Waals surface area contributed by atoms with Gasteiger partial charge in [0.15, 0.2) is 10.8 Å². The molecule has 0 radical (unpaired) electrons. The average molecular weight is 263 g/mol. The molecule has 2 fully saturated rings. The van der Waals surface area contributed by atoms with Gasteiger partial charge in [-0.1, -0.05) is 11.6 Å². The van der Waals surface area contributed by atoms with Crippen molar-refractivity contribution in [2.75, 3.05) is 18.0 Å². The van der Waals surface area contributed by atoms with E-state index in [0.29, 0.717) is 5.15 Å². The number of piperidine rings is 1. The van der Waals surface area contributed by atoms with Crippen LogP contribution < -0.4 is 4.90 Å². The van der Waals surface area contributed by atoms with Crippen LogP contribution in [0, 0.1) is 11.8 Å². The van der Waals surface area contributed by atoms with Crippen LogP contribution in [-0.4, -0.2) is 27.7 Å². The lowest BCUT2D eigenvalue weighted by atomic mass is 9.98. The van der Waals surface area contributed by atoms with E-state index in [0.717, 1.165) is 36.3 Å². The average Bonchev–Trinajstić information content (AvgIpc) is 2.94. The highest BCUT2D eigenvalue weighted by Crippen LogP contribution is 2.39. The van der Waals surface area contributed by atoms with Gasteiger partial charge in [-0.3, -0.25) is 0 Å². The summed E-state index contributed by atoms with van der Waals surface area (Å²) in [5.41, 5.74) is 2.05. The number of rotatable bonds is 1. The third-order valence-corrected chi connectivity index (χ3v) is 4.44. The first kappa shape index (κ1) is 10.6. The molecular weight excluding hydrogens is 248 g/mol. The number of hydrogen-bond donors (Lipinski definition) is 0. The SMILES string of the molecule is Clc1cc(N2CC3CCC(C3)C2)c2nccn2n1. The number of aromatic nitrogens is 3. The van der Waals surface area contributed by atoms with Gasteiger partial charge >= 0.3 is 0 Å². The zero-order chi connectivity index (χ0) is 12.1. The number of hydrogen-bond acceptors (Lipinski definition) is 3. The Kier molecular flexibility index (Phi) is 2.27. The van der Waals surface area contributed by atoms with Gasteiger partial charge in [-0.15, -0.1) is 0 Å². The van der Waals surface area contributed by atoms with E-state index in [1.54, 1.807) is 10.7 Å². The predicted octanol–water partition coefficient (Wildman–Crippen LogP) is 2.62. The van der Waals surface area contributed by atoms with E-state index in [1.165, 1.54) is 19.3 Å². The second kappa shape index (κ2) is 3.85.